The first-order valence-electron chi connectivity index (χ1n) is 5.78. The summed E-state index contributed by atoms with van der Waals surface area (Å²) in [6.07, 6.45) is 0.358. The van der Waals surface area contributed by atoms with Gasteiger partial charge in [-0.3, -0.25) is 4.79 Å². The molecule has 0 radical (unpaired) electrons. The van der Waals surface area contributed by atoms with Gasteiger partial charge in [-0.15, -0.1) is 0 Å². The predicted molar refractivity (Wildman–Crippen MR) is 70.2 cm³/mol. The molecule has 0 spiro atoms. The lowest BCUT2D eigenvalue weighted by Gasteiger charge is -2.07. The molecule has 1 aromatic rings. The molecule has 0 bridgehead atoms. The van der Waals surface area contributed by atoms with Gasteiger partial charge in [0, 0.05) is 25.1 Å². The van der Waals surface area contributed by atoms with Crippen LogP contribution in [0.4, 0.5) is 0 Å². The summed E-state index contributed by atoms with van der Waals surface area (Å²) in [5, 5.41) is 2.85. The van der Waals surface area contributed by atoms with E-state index in [0.29, 0.717) is 25.1 Å². The Hall–Kier alpha value is -1.24. The van der Waals surface area contributed by atoms with Gasteiger partial charge in [-0.05, 0) is 19.2 Å². The second kappa shape index (κ2) is 6.63. The number of rotatable bonds is 7. The van der Waals surface area contributed by atoms with E-state index in [1.165, 1.54) is 12.1 Å². The highest BCUT2D eigenvalue weighted by Gasteiger charge is 2.14. The van der Waals surface area contributed by atoms with Crippen molar-refractivity contribution in [2.75, 3.05) is 20.1 Å². The first kappa shape index (κ1) is 14.8. The molecular formula is C12H18N2O3S. The predicted octanol–water partition coefficient (Wildman–Crippen LogP) is 0.777. The molecule has 0 aromatic heterocycles. The number of benzene rings is 1. The third-order valence-electron chi connectivity index (χ3n) is 2.45. The number of hydrogen-bond acceptors (Lipinski definition) is 4. The van der Waals surface area contributed by atoms with E-state index < -0.39 is 10.0 Å². The third-order valence-corrected chi connectivity index (χ3v) is 3.91. The number of hydrogen-bond donors (Lipinski definition) is 2. The van der Waals surface area contributed by atoms with Gasteiger partial charge in [-0.1, -0.05) is 19.1 Å². The lowest BCUT2D eigenvalue weighted by molar-refractivity contribution is 0.0988. The van der Waals surface area contributed by atoms with Gasteiger partial charge in [0.25, 0.3) is 0 Å². The molecule has 1 rings (SSSR count). The summed E-state index contributed by atoms with van der Waals surface area (Å²) >= 11 is 0. The maximum absolute atomic E-state index is 11.9. The molecule has 6 heteroatoms. The minimum Gasteiger partial charge on any atom is -0.318 e. The fourth-order valence-electron chi connectivity index (χ4n) is 1.43. The molecular weight excluding hydrogens is 252 g/mol. The Balaban J connectivity index is 2.92. The van der Waals surface area contributed by atoms with Crippen molar-refractivity contribution in [3.05, 3.63) is 29.8 Å². The van der Waals surface area contributed by atoms with E-state index >= 15 is 0 Å². The van der Waals surface area contributed by atoms with Crippen LogP contribution >= 0.6 is 0 Å². The second-order valence-electron chi connectivity index (χ2n) is 3.81. The second-order valence-corrected chi connectivity index (χ2v) is 5.57. The SMILES string of the molecule is CCC(=O)c1cccc(S(=O)(=O)NCCNC)c1. The van der Waals surface area contributed by atoms with Crippen molar-refractivity contribution in [1.29, 1.82) is 0 Å². The smallest absolute Gasteiger partial charge is 0.240 e. The Bertz CT molecular complexity index is 512. The Morgan fingerprint density at radius 1 is 1.28 bits per heavy atom. The van der Waals surface area contributed by atoms with E-state index in [4.69, 9.17) is 0 Å². The molecule has 0 aliphatic rings. The van der Waals surface area contributed by atoms with E-state index in [0.717, 1.165) is 0 Å². The van der Waals surface area contributed by atoms with Crippen molar-refractivity contribution in [1.82, 2.24) is 10.0 Å². The first-order valence-corrected chi connectivity index (χ1v) is 7.27. The number of carbonyl (C=O) groups is 1. The monoisotopic (exact) mass is 270 g/mol. The lowest BCUT2D eigenvalue weighted by Crippen LogP contribution is -2.30. The summed E-state index contributed by atoms with van der Waals surface area (Å²) in [6.45, 7) is 2.60. The Kier molecular flexibility index (Phi) is 5.46. The zero-order valence-electron chi connectivity index (χ0n) is 10.6. The quantitative estimate of drug-likeness (QED) is 0.567. The van der Waals surface area contributed by atoms with E-state index in [1.54, 1.807) is 26.1 Å². The molecule has 0 heterocycles. The van der Waals surface area contributed by atoms with E-state index in [-0.39, 0.29) is 10.7 Å². The zero-order valence-corrected chi connectivity index (χ0v) is 11.4. The topological polar surface area (TPSA) is 75.3 Å². The molecule has 2 N–H and O–H groups in total. The van der Waals surface area contributed by atoms with Gasteiger partial charge in [-0.2, -0.15) is 0 Å². The number of nitrogens with one attached hydrogen (secondary N) is 2. The highest BCUT2D eigenvalue weighted by Crippen LogP contribution is 2.12. The molecule has 0 amide bonds. The summed E-state index contributed by atoms with van der Waals surface area (Å²) in [7, 11) is -1.79. The molecule has 0 fully saturated rings. The van der Waals surface area contributed by atoms with Gasteiger partial charge in [0.1, 0.15) is 0 Å². The number of ketones is 1. The molecule has 0 unspecified atom stereocenters. The lowest BCUT2D eigenvalue weighted by atomic mass is 10.1. The molecule has 0 saturated heterocycles. The fourth-order valence-corrected chi connectivity index (χ4v) is 2.51. The molecule has 0 aliphatic heterocycles. The van der Waals surface area contributed by atoms with Gasteiger partial charge in [-0.25, -0.2) is 13.1 Å². The number of likely N-dealkylation sites (N-methyl/N-ethyl adjacent to an activating group) is 1. The van der Waals surface area contributed by atoms with Crippen LogP contribution in [0.2, 0.25) is 0 Å². The van der Waals surface area contributed by atoms with Crippen LogP contribution in [0.5, 0.6) is 0 Å². The largest absolute Gasteiger partial charge is 0.318 e. The molecule has 100 valence electrons. The van der Waals surface area contributed by atoms with Gasteiger partial charge < -0.3 is 5.32 Å². The van der Waals surface area contributed by atoms with Crippen LogP contribution in [0, 0.1) is 0 Å². The summed E-state index contributed by atoms with van der Waals surface area (Å²) in [4.78, 5) is 11.7. The Morgan fingerprint density at radius 2 is 2.00 bits per heavy atom. The van der Waals surface area contributed by atoms with Crippen molar-refractivity contribution in [3.63, 3.8) is 0 Å². The highest BCUT2D eigenvalue weighted by atomic mass is 32.2. The van der Waals surface area contributed by atoms with E-state index in [1.807, 2.05) is 0 Å². The van der Waals surface area contributed by atoms with Crippen molar-refractivity contribution in [2.24, 2.45) is 0 Å². The highest BCUT2D eigenvalue weighted by molar-refractivity contribution is 7.89. The van der Waals surface area contributed by atoms with Crippen LogP contribution in [-0.2, 0) is 10.0 Å². The van der Waals surface area contributed by atoms with Crippen molar-refractivity contribution in [2.45, 2.75) is 18.2 Å². The first-order chi connectivity index (χ1) is 8.51. The van der Waals surface area contributed by atoms with E-state index in [2.05, 4.69) is 10.0 Å². The minimum atomic E-state index is -3.54. The van der Waals surface area contributed by atoms with Gasteiger partial charge >= 0.3 is 0 Å². The maximum atomic E-state index is 11.9. The van der Waals surface area contributed by atoms with Crippen molar-refractivity contribution < 1.29 is 13.2 Å². The van der Waals surface area contributed by atoms with Crippen molar-refractivity contribution in [3.8, 4) is 0 Å². The number of Topliss-reactive ketones (excluding diaryl/α,β-unsaturated/α-hetero) is 1. The summed E-state index contributed by atoms with van der Waals surface area (Å²) in [6, 6.07) is 6.09. The summed E-state index contributed by atoms with van der Waals surface area (Å²) in [5.41, 5.74) is 0.425. The maximum Gasteiger partial charge on any atom is 0.240 e. The van der Waals surface area contributed by atoms with Gasteiger partial charge in [0.15, 0.2) is 5.78 Å². The van der Waals surface area contributed by atoms with Crippen molar-refractivity contribution >= 4 is 15.8 Å². The summed E-state index contributed by atoms with van der Waals surface area (Å²) < 4.78 is 26.3. The standard InChI is InChI=1S/C12H18N2O3S/c1-3-12(15)10-5-4-6-11(9-10)18(16,17)14-8-7-13-2/h4-6,9,13-14H,3,7-8H2,1-2H3. The Morgan fingerprint density at radius 3 is 2.61 bits per heavy atom. The third kappa shape index (κ3) is 3.90. The molecule has 1 aromatic carbocycles. The fraction of sp³-hybridized carbons (Fsp3) is 0.417. The van der Waals surface area contributed by atoms with Crippen LogP contribution in [-0.4, -0.2) is 34.3 Å². The van der Waals surface area contributed by atoms with Crippen LogP contribution in [0.25, 0.3) is 0 Å². The minimum absolute atomic E-state index is 0.0673. The zero-order chi connectivity index (χ0) is 13.6. The average molecular weight is 270 g/mol. The average Bonchev–Trinajstić information content (AvgIpc) is 2.38. The molecule has 0 atom stereocenters. The van der Waals surface area contributed by atoms with Crippen LogP contribution in [0.1, 0.15) is 23.7 Å². The number of sulfonamides is 1. The number of carbonyl (C=O) groups excluding carboxylic acids is 1. The van der Waals surface area contributed by atoms with Gasteiger partial charge in [0.05, 0.1) is 4.90 Å². The molecule has 5 nitrogen and oxygen atoms in total. The van der Waals surface area contributed by atoms with Crippen LogP contribution in [0.3, 0.4) is 0 Å². The normalized spacial score (nSPS) is 11.4. The van der Waals surface area contributed by atoms with Crippen LogP contribution < -0.4 is 10.0 Å². The summed E-state index contributed by atoms with van der Waals surface area (Å²) in [5.74, 6) is -0.0673. The molecule has 18 heavy (non-hydrogen) atoms. The Labute approximate surface area is 108 Å². The van der Waals surface area contributed by atoms with Gasteiger partial charge in [0.2, 0.25) is 10.0 Å². The van der Waals surface area contributed by atoms with Crippen LogP contribution in [0.15, 0.2) is 29.2 Å². The molecule has 0 aliphatic carbocycles. The molecule has 0 saturated carbocycles. The van der Waals surface area contributed by atoms with E-state index in [9.17, 15) is 13.2 Å².